The molecule has 0 N–H and O–H groups in total. The molecule has 0 saturated carbocycles. The van der Waals surface area contributed by atoms with Crippen LogP contribution < -0.4 is 5.56 Å². The van der Waals surface area contributed by atoms with Crippen LogP contribution in [0.25, 0.3) is 10.2 Å². The zero-order chi connectivity index (χ0) is 17.1. The lowest BCUT2D eigenvalue weighted by Crippen LogP contribution is -2.20. The van der Waals surface area contributed by atoms with Gasteiger partial charge in [0, 0.05) is 4.88 Å². The van der Waals surface area contributed by atoms with Crippen molar-refractivity contribution in [2.45, 2.75) is 26.8 Å². The van der Waals surface area contributed by atoms with E-state index in [0.29, 0.717) is 24.1 Å². The van der Waals surface area contributed by atoms with E-state index in [1.807, 2.05) is 18.2 Å². The molecule has 0 spiro atoms. The fraction of sp³-hybridized carbons (Fsp3) is 0.278. The fourth-order valence-electron chi connectivity index (χ4n) is 2.45. The summed E-state index contributed by atoms with van der Waals surface area (Å²) < 4.78 is 6.55. The first-order valence-corrected chi connectivity index (χ1v) is 8.68. The average molecular weight is 342 g/mol. The van der Waals surface area contributed by atoms with Crippen molar-refractivity contribution in [1.82, 2.24) is 9.55 Å². The minimum atomic E-state index is -0.338. The molecule has 0 amide bonds. The molecule has 3 aromatic rings. The predicted octanol–water partition coefficient (Wildman–Crippen LogP) is 3.25. The Bertz CT molecular complexity index is 926. The molecular formula is C18H18N2O3S. The number of rotatable bonds is 5. The largest absolute Gasteiger partial charge is 0.462 e. The molecule has 0 radical (unpaired) electrons. The third kappa shape index (κ3) is 3.23. The van der Waals surface area contributed by atoms with Gasteiger partial charge in [0.15, 0.2) is 0 Å². The molecule has 3 rings (SSSR count). The SMILES string of the molecule is CCOC(=O)c1ccc(Cn2cnc3sc(CC)cc3c2=O)cc1. The molecular weight excluding hydrogens is 324 g/mol. The van der Waals surface area contributed by atoms with Crippen LogP contribution in [0.5, 0.6) is 0 Å². The molecule has 1 aromatic carbocycles. The van der Waals surface area contributed by atoms with Gasteiger partial charge in [-0.3, -0.25) is 9.36 Å². The third-order valence-corrected chi connectivity index (χ3v) is 4.92. The maximum absolute atomic E-state index is 12.6. The number of carbonyl (C=O) groups excluding carboxylic acids is 1. The summed E-state index contributed by atoms with van der Waals surface area (Å²) in [5.74, 6) is -0.338. The standard InChI is InChI=1S/C18H18N2O3S/c1-3-14-9-15-16(24-14)19-11-20(17(15)21)10-12-5-7-13(8-6-12)18(22)23-4-2/h5-9,11H,3-4,10H2,1-2H3. The molecule has 124 valence electrons. The zero-order valence-electron chi connectivity index (χ0n) is 13.6. The molecule has 2 heterocycles. The summed E-state index contributed by atoms with van der Waals surface area (Å²) in [7, 11) is 0. The number of thiophene rings is 1. The van der Waals surface area contributed by atoms with Crippen LogP contribution in [-0.2, 0) is 17.7 Å². The second kappa shape index (κ2) is 6.97. The van der Waals surface area contributed by atoms with Crippen molar-refractivity contribution >= 4 is 27.5 Å². The van der Waals surface area contributed by atoms with E-state index in [9.17, 15) is 9.59 Å². The quantitative estimate of drug-likeness (QED) is 0.668. The molecule has 0 aliphatic heterocycles. The predicted molar refractivity (Wildman–Crippen MR) is 94.8 cm³/mol. The van der Waals surface area contributed by atoms with E-state index >= 15 is 0 Å². The van der Waals surface area contributed by atoms with Crippen LogP contribution in [0.15, 0.2) is 41.5 Å². The number of benzene rings is 1. The Labute approximate surface area is 143 Å². The highest BCUT2D eigenvalue weighted by molar-refractivity contribution is 7.18. The van der Waals surface area contributed by atoms with Gasteiger partial charge in [-0.1, -0.05) is 19.1 Å². The second-order valence-corrected chi connectivity index (χ2v) is 6.50. The van der Waals surface area contributed by atoms with Crippen LogP contribution in [0.4, 0.5) is 0 Å². The lowest BCUT2D eigenvalue weighted by atomic mass is 10.1. The highest BCUT2D eigenvalue weighted by Gasteiger charge is 2.10. The van der Waals surface area contributed by atoms with Crippen molar-refractivity contribution in [2.75, 3.05) is 6.61 Å². The molecule has 0 aliphatic rings. The van der Waals surface area contributed by atoms with E-state index in [2.05, 4.69) is 11.9 Å². The summed E-state index contributed by atoms with van der Waals surface area (Å²) in [6.07, 6.45) is 2.48. The van der Waals surface area contributed by atoms with Crippen LogP contribution in [0.1, 0.15) is 34.6 Å². The smallest absolute Gasteiger partial charge is 0.338 e. The Kier molecular flexibility index (Phi) is 4.76. The number of aromatic nitrogens is 2. The zero-order valence-corrected chi connectivity index (χ0v) is 14.4. The van der Waals surface area contributed by atoms with Gasteiger partial charge in [-0.25, -0.2) is 9.78 Å². The van der Waals surface area contributed by atoms with Crippen LogP contribution in [-0.4, -0.2) is 22.1 Å². The minimum absolute atomic E-state index is 0.0366. The topological polar surface area (TPSA) is 61.2 Å². The number of nitrogens with zero attached hydrogens (tertiary/aromatic N) is 2. The van der Waals surface area contributed by atoms with Crippen molar-refractivity contribution in [3.8, 4) is 0 Å². The average Bonchev–Trinajstić information content (AvgIpc) is 3.02. The van der Waals surface area contributed by atoms with Crippen molar-refractivity contribution in [3.05, 3.63) is 63.0 Å². The molecule has 0 aliphatic carbocycles. The van der Waals surface area contributed by atoms with Gasteiger partial charge < -0.3 is 4.74 Å². The summed E-state index contributed by atoms with van der Waals surface area (Å²) in [6, 6.07) is 9.01. The van der Waals surface area contributed by atoms with Crippen LogP contribution in [0.3, 0.4) is 0 Å². The molecule has 6 heteroatoms. The van der Waals surface area contributed by atoms with Gasteiger partial charge in [-0.2, -0.15) is 0 Å². The van der Waals surface area contributed by atoms with Gasteiger partial charge in [-0.15, -0.1) is 11.3 Å². The highest BCUT2D eigenvalue weighted by Crippen LogP contribution is 2.21. The second-order valence-electron chi connectivity index (χ2n) is 5.38. The molecule has 0 fully saturated rings. The fourth-order valence-corrected chi connectivity index (χ4v) is 3.38. The lowest BCUT2D eigenvalue weighted by molar-refractivity contribution is 0.0526. The number of esters is 1. The summed E-state index contributed by atoms with van der Waals surface area (Å²) in [5, 5.41) is 0.669. The normalized spacial score (nSPS) is 10.9. The number of hydrogen-bond donors (Lipinski definition) is 0. The molecule has 0 bridgehead atoms. The minimum Gasteiger partial charge on any atom is -0.462 e. The van der Waals surface area contributed by atoms with Crippen molar-refractivity contribution in [1.29, 1.82) is 0 Å². The van der Waals surface area contributed by atoms with Gasteiger partial charge >= 0.3 is 5.97 Å². The molecule has 24 heavy (non-hydrogen) atoms. The van der Waals surface area contributed by atoms with E-state index in [-0.39, 0.29) is 11.5 Å². The van der Waals surface area contributed by atoms with Crippen molar-refractivity contribution in [3.63, 3.8) is 0 Å². The number of hydrogen-bond acceptors (Lipinski definition) is 5. The third-order valence-electron chi connectivity index (χ3n) is 3.74. The first-order valence-electron chi connectivity index (χ1n) is 7.86. The van der Waals surface area contributed by atoms with Gasteiger partial charge in [0.2, 0.25) is 0 Å². The first kappa shape index (κ1) is 16.4. The van der Waals surface area contributed by atoms with Crippen LogP contribution in [0, 0.1) is 0 Å². The molecule has 0 unspecified atom stereocenters. The molecule has 2 aromatic heterocycles. The summed E-state index contributed by atoms with van der Waals surface area (Å²) in [6.45, 7) is 4.61. The van der Waals surface area contributed by atoms with Gasteiger partial charge in [0.25, 0.3) is 5.56 Å². The monoisotopic (exact) mass is 342 g/mol. The Hall–Kier alpha value is -2.47. The van der Waals surface area contributed by atoms with Crippen LogP contribution in [0.2, 0.25) is 0 Å². The van der Waals surface area contributed by atoms with E-state index in [0.717, 1.165) is 21.7 Å². The Morgan fingerprint density at radius 3 is 2.67 bits per heavy atom. The number of aryl methyl sites for hydroxylation is 1. The maximum Gasteiger partial charge on any atom is 0.338 e. The van der Waals surface area contributed by atoms with Gasteiger partial charge in [-0.05, 0) is 37.1 Å². The maximum atomic E-state index is 12.6. The first-order chi connectivity index (χ1) is 11.6. The van der Waals surface area contributed by atoms with E-state index in [4.69, 9.17) is 4.74 Å². The number of carbonyl (C=O) groups is 1. The Morgan fingerprint density at radius 1 is 1.25 bits per heavy atom. The summed E-state index contributed by atoms with van der Waals surface area (Å²) in [4.78, 5) is 30.6. The Morgan fingerprint density at radius 2 is 2.00 bits per heavy atom. The Balaban J connectivity index is 1.85. The number of fused-ring (bicyclic) bond motifs is 1. The van der Waals surface area contributed by atoms with E-state index in [1.165, 1.54) is 0 Å². The van der Waals surface area contributed by atoms with E-state index < -0.39 is 0 Å². The van der Waals surface area contributed by atoms with E-state index in [1.54, 1.807) is 41.3 Å². The highest BCUT2D eigenvalue weighted by atomic mass is 32.1. The number of ether oxygens (including phenoxy) is 1. The lowest BCUT2D eigenvalue weighted by Gasteiger charge is -2.06. The van der Waals surface area contributed by atoms with Crippen molar-refractivity contribution in [2.24, 2.45) is 0 Å². The molecule has 0 atom stereocenters. The molecule has 5 nitrogen and oxygen atoms in total. The summed E-state index contributed by atoms with van der Waals surface area (Å²) >= 11 is 1.56. The van der Waals surface area contributed by atoms with Gasteiger partial charge in [0.1, 0.15) is 4.83 Å². The molecule has 0 saturated heterocycles. The van der Waals surface area contributed by atoms with Crippen molar-refractivity contribution < 1.29 is 9.53 Å². The van der Waals surface area contributed by atoms with Gasteiger partial charge in [0.05, 0.1) is 30.4 Å². The van der Waals surface area contributed by atoms with Crippen LogP contribution >= 0.6 is 11.3 Å². The summed E-state index contributed by atoms with van der Waals surface area (Å²) in [5.41, 5.74) is 1.40.